The van der Waals surface area contributed by atoms with Crippen LogP contribution >= 0.6 is 0 Å². The first-order chi connectivity index (χ1) is 10.5. The summed E-state index contributed by atoms with van der Waals surface area (Å²) in [5.41, 5.74) is 5.19. The number of hydrazine groups is 1. The van der Waals surface area contributed by atoms with Crippen LogP contribution in [-0.4, -0.2) is 35.7 Å². The smallest absolute Gasteiger partial charge is 0.257 e. The molecule has 2 rings (SSSR count). The summed E-state index contributed by atoms with van der Waals surface area (Å²) in [6.07, 6.45) is 2.23. The van der Waals surface area contributed by atoms with Crippen molar-refractivity contribution in [3.05, 3.63) is 35.6 Å². The Labute approximate surface area is 127 Å². The molecule has 22 heavy (non-hydrogen) atoms. The Bertz CT molecular complexity index is 560. The highest BCUT2D eigenvalue weighted by molar-refractivity contribution is 5.87. The first-order valence-electron chi connectivity index (χ1n) is 7.14. The van der Waals surface area contributed by atoms with E-state index in [4.69, 9.17) is 0 Å². The fourth-order valence-electron chi connectivity index (χ4n) is 2.21. The first kappa shape index (κ1) is 15.9. The number of piperidine rings is 1. The maximum Gasteiger partial charge on any atom is 0.257 e. The van der Waals surface area contributed by atoms with Crippen LogP contribution in [0.25, 0.3) is 0 Å². The molecule has 1 aliphatic rings. The largest absolute Gasteiger partial charge is 0.333 e. The van der Waals surface area contributed by atoms with Gasteiger partial charge in [-0.05, 0) is 30.5 Å². The maximum absolute atomic E-state index is 12.7. The maximum atomic E-state index is 12.7. The fourth-order valence-corrected chi connectivity index (χ4v) is 2.21. The topological polar surface area (TPSA) is 78.5 Å². The SMILES string of the molecule is O=C(Cc1ccc(F)cc1)NNC(=O)CN1CCCCC1=O. The van der Waals surface area contributed by atoms with Gasteiger partial charge in [-0.2, -0.15) is 0 Å². The number of nitrogens with one attached hydrogen (secondary N) is 2. The van der Waals surface area contributed by atoms with Crippen molar-refractivity contribution in [1.82, 2.24) is 15.8 Å². The highest BCUT2D eigenvalue weighted by atomic mass is 19.1. The summed E-state index contributed by atoms with van der Waals surface area (Å²) in [5, 5.41) is 0. The Morgan fingerprint density at radius 2 is 1.77 bits per heavy atom. The molecule has 0 saturated carbocycles. The molecular formula is C15H18FN3O3. The molecule has 0 radical (unpaired) electrons. The molecule has 0 atom stereocenters. The van der Waals surface area contributed by atoms with E-state index in [0.29, 0.717) is 18.5 Å². The molecule has 1 heterocycles. The summed E-state index contributed by atoms with van der Waals surface area (Å²) in [4.78, 5) is 36.4. The molecule has 1 aliphatic heterocycles. The zero-order valence-corrected chi connectivity index (χ0v) is 12.1. The third kappa shape index (κ3) is 4.83. The summed E-state index contributed by atoms with van der Waals surface area (Å²) in [6, 6.07) is 5.54. The molecule has 118 valence electrons. The number of nitrogens with zero attached hydrogens (tertiary/aromatic N) is 1. The van der Waals surface area contributed by atoms with Crippen LogP contribution in [0.1, 0.15) is 24.8 Å². The van der Waals surface area contributed by atoms with Gasteiger partial charge in [-0.3, -0.25) is 25.2 Å². The summed E-state index contributed by atoms with van der Waals surface area (Å²) in [5.74, 6) is -1.27. The van der Waals surface area contributed by atoms with Crippen molar-refractivity contribution in [2.24, 2.45) is 0 Å². The number of carbonyl (C=O) groups excluding carboxylic acids is 3. The normalized spacial score (nSPS) is 14.6. The number of amides is 3. The summed E-state index contributed by atoms with van der Waals surface area (Å²) in [6.45, 7) is 0.505. The monoisotopic (exact) mass is 307 g/mol. The van der Waals surface area contributed by atoms with Crippen molar-refractivity contribution in [2.75, 3.05) is 13.1 Å². The van der Waals surface area contributed by atoms with Crippen molar-refractivity contribution >= 4 is 17.7 Å². The standard InChI is InChI=1S/C15H18FN3O3/c16-12-6-4-11(5-7-12)9-13(20)17-18-14(21)10-19-8-2-1-3-15(19)22/h4-7H,1-3,8-10H2,(H,17,20)(H,18,21). The van der Waals surface area contributed by atoms with Crippen LogP contribution < -0.4 is 10.9 Å². The molecule has 1 saturated heterocycles. The number of carbonyl (C=O) groups is 3. The molecular weight excluding hydrogens is 289 g/mol. The number of hydrogen-bond acceptors (Lipinski definition) is 3. The minimum atomic E-state index is -0.442. The van der Waals surface area contributed by atoms with Gasteiger partial charge in [-0.1, -0.05) is 12.1 Å². The van der Waals surface area contributed by atoms with E-state index in [2.05, 4.69) is 10.9 Å². The summed E-state index contributed by atoms with van der Waals surface area (Å²) >= 11 is 0. The number of benzene rings is 1. The Morgan fingerprint density at radius 3 is 2.45 bits per heavy atom. The molecule has 0 aliphatic carbocycles. The van der Waals surface area contributed by atoms with Crippen LogP contribution in [0.5, 0.6) is 0 Å². The first-order valence-corrected chi connectivity index (χ1v) is 7.14. The predicted octanol–water partition coefficient (Wildman–Crippen LogP) is 0.528. The third-order valence-corrected chi connectivity index (χ3v) is 3.38. The molecule has 0 spiro atoms. The van der Waals surface area contributed by atoms with Crippen molar-refractivity contribution in [3.63, 3.8) is 0 Å². The minimum absolute atomic E-state index is 0.0310. The van der Waals surface area contributed by atoms with Gasteiger partial charge in [0, 0.05) is 13.0 Å². The van der Waals surface area contributed by atoms with Crippen LogP contribution in [0.15, 0.2) is 24.3 Å². The van der Waals surface area contributed by atoms with Gasteiger partial charge >= 0.3 is 0 Å². The molecule has 2 N–H and O–H groups in total. The molecule has 0 bridgehead atoms. The van der Waals surface area contributed by atoms with Crippen LogP contribution in [0.2, 0.25) is 0 Å². The number of rotatable bonds is 4. The zero-order valence-electron chi connectivity index (χ0n) is 12.1. The second-order valence-corrected chi connectivity index (χ2v) is 5.17. The Kier molecular flexibility index (Phi) is 5.46. The predicted molar refractivity (Wildman–Crippen MR) is 76.8 cm³/mol. The molecule has 1 fully saturated rings. The molecule has 1 aromatic rings. The van der Waals surface area contributed by atoms with Crippen LogP contribution in [0, 0.1) is 5.82 Å². The van der Waals surface area contributed by atoms with E-state index in [0.717, 1.165) is 12.8 Å². The van der Waals surface area contributed by atoms with E-state index in [1.54, 1.807) is 0 Å². The van der Waals surface area contributed by atoms with Gasteiger partial charge in [-0.15, -0.1) is 0 Å². The Hall–Kier alpha value is -2.44. The van der Waals surface area contributed by atoms with E-state index in [9.17, 15) is 18.8 Å². The van der Waals surface area contributed by atoms with Gasteiger partial charge in [-0.25, -0.2) is 4.39 Å². The van der Waals surface area contributed by atoms with Crippen molar-refractivity contribution in [2.45, 2.75) is 25.7 Å². The Morgan fingerprint density at radius 1 is 1.09 bits per heavy atom. The summed E-state index contributed by atoms with van der Waals surface area (Å²) < 4.78 is 12.7. The zero-order chi connectivity index (χ0) is 15.9. The lowest BCUT2D eigenvalue weighted by atomic mass is 10.1. The molecule has 1 aromatic carbocycles. The molecule has 6 nitrogen and oxygen atoms in total. The quantitative estimate of drug-likeness (QED) is 0.796. The lowest BCUT2D eigenvalue weighted by molar-refractivity contribution is -0.138. The van der Waals surface area contributed by atoms with Crippen LogP contribution in [-0.2, 0) is 20.8 Å². The van der Waals surface area contributed by atoms with E-state index in [-0.39, 0.29) is 24.7 Å². The summed E-state index contributed by atoms with van der Waals surface area (Å²) in [7, 11) is 0. The average Bonchev–Trinajstić information content (AvgIpc) is 2.50. The second kappa shape index (κ2) is 7.53. The minimum Gasteiger partial charge on any atom is -0.333 e. The number of likely N-dealkylation sites (tertiary alicyclic amines) is 1. The molecule has 0 aromatic heterocycles. The molecule has 0 unspecified atom stereocenters. The highest BCUT2D eigenvalue weighted by Gasteiger charge is 2.20. The number of halogens is 1. The van der Waals surface area contributed by atoms with Crippen LogP contribution in [0.4, 0.5) is 4.39 Å². The van der Waals surface area contributed by atoms with E-state index >= 15 is 0 Å². The van der Waals surface area contributed by atoms with E-state index in [1.807, 2.05) is 0 Å². The van der Waals surface area contributed by atoms with Gasteiger partial charge < -0.3 is 4.90 Å². The van der Waals surface area contributed by atoms with Gasteiger partial charge in [0.25, 0.3) is 5.91 Å². The highest BCUT2D eigenvalue weighted by Crippen LogP contribution is 2.09. The van der Waals surface area contributed by atoms with Crippen molar-refractivity contribution in [3.8, 4) is 0 Å². The van der Waals surface area contributed by atoms with Gasteiger partial charge in [0.15, 0.2) is 0 Å². The van der Waals surface area contributed by atoms with Crippen molar-refractivity contribution in [1.29, 1.82) is 0 Å². The van der Waals surface area contributed by atoms with Crippen molar-refractivity contribution < 1.29 is 18.8 Å². The van der Waals surface area contributed by atoms with E-state index in [1.165, 1.54) is 29.2 Å². The lowest BCUT2D eigenvalue weighted by Crippen LogP contribution is -2.49. The van der Waals surface area contributed by atoms with Gasteiger partial charge in [0.1, 0.15) is 12.4 Å². The average molecular weight is 307 g/mol. The van der Waals surface area contributed by atoms with E-state index < -0.39 is 11.8 Å². The third-order valence-electron chi connectivity index (χ3n) is 3.38. The van der Waals surface area contributed by atoms with Gasteiger partial charge in [0.05, 0.1) is 6.42 Å². The Balaban J connectivity index is 1.72. The number of hydrogen-bond donors (Lipinski definition) is 2. The fraction of sp³-hybridized carbons (Fsp3) is 0.400. The lowest BCUT2D eigenvalue weighted by Gasteiger charge is -2.25. The molecule has 3 amide bonds. The molecule has 7 heteroatoms. The second-order valence-electron chi connectivity index (χ2n) is 5.17. The van der Waals surface area contributed by atoms with Crippen LogP contribution in [0.3, 0.4) is 0 Å². The van der Waals surface area contributed by atoms with Gasteiger partial charge in [0.2, 0.25) is 11.8 Å².